The highest BCUT2D eigenvalue weighted by atomic mass is 16.5. The molecule has 6 heteroatoms. The number of aromatic nitrogens is 3. The molecule has 0 aliphatic carbocycles. The van der Waals surface area contributed by atoms with E-state index >= 15 is 0 Å². The van der Waals surface area contributed by atoms with E-state index in [1.807, 2.05) is 65.3 Å². The van der Waals surface area contributed by atoms with Crippen LogP contribution in [0.3, 0.4) is 0 Å². The molecule has 160 valence electrons. The molecule has 0 radical (unpaired) electrons. The molecule has 0 amide bonds. The largest absolute Gasteiger partial charge is 0.496 e. The summed E-state index contributed by atoms with van der Waals surface area (Å²) in [5.41, 5.74) is 4.04. The number of ether oxygens (including phenoxy) is 1. The van der Waals surface area contributed by atoms with E-state index < -0.39 is 0 Å². The number of nitrogens with zero attached hydrogens (tertiary/aromatic N) is 2. The molecule has 0 saturated heterocycles. The van der Waals surface area contributed by atoms with Crippen LogP contribution >= 0.6 is 0 Å². The van der Waals surface area contributed by atoms with Crippen LogP contribution in [0.4, 0.5) is 0 Å². The number of hydrogen-bond donors (Lipinski definition) is 2. The first-order valence-electron chi connectivity index (χ1n) is 10.4. The second-order valence-corrected chi connectivity index (χ2v) is 8.65. The van der Waals surface area contributed by atoms with Crippen LogP contribution in [0.2, 0.25) is 0 Å². The van der Waals surface area contributed by atoms with Crippen molar-refractivity contribution in [3.8, 4) is 11.4 Å². The third-order valence-corrected chi connectivity index (χ3v) is 5.30. The predicted octanol–water partition coefficient (Wildman–Crippen LogP) is 4.31. The molecule has 2 N–H and O–H groups in total. The summed E-state index contributed by atoms with van der Waals surface area (Å²) in [6.07, 6.45) is 0. The Bertz CT molecular complexity index is 1250. The van der Waals surface area contributed by atoms with Gasteiger partial charge in [0.15, 0.2) is 0 Å². The maximum absolute atomic E-state index is 12.9. The van der Waals surface area contributed by atoms with Gasteiger partial charge in [0, 0.05) is 35.0 Å². The summed E-state index contributed by atoms with van der Waals surface area (Å²) in [6, 6.07) is 19.7. The second-order valence-electron chi connectivity index (χ2n) is 8.65. The lowest BCUT2D eigenvalue weighted by molar-refractivity contribution is 0.407. The minimum atomic E-state index is -0.168. The van der Waals surface area contributed by atoms with Crippen LogP contribution in [0.15, 0.2) is 65.5 Å². The van der Waals surface area contributed by atoms with Gasteiger partial charge in [-0.3, -0.25) is 4.79 Å². The number of nitrogens with one attached hydrogen (secondary N) is 2. The standard InChI is InChI=1S/C25H28N4O2/c1-25(2,3)22-20-14-18(16-26-15-17-10-8-9-13-21(17)31-4)24(30)27-23(20)29(28-22)19-11-6-5-7-12-19/h5-14,26H,15-16H2,1-4H3,(H,27,30). The van der Waals surface area contributed by atoms with Crippen molar-refractivity contribution < 1.29 is 4.74 Å². The zero-order valence-corrected chi connectivity index (χ0v) is 18.4. The summed E-state index contributed by atoms with van der Waals surface area (Å²) in [5, 5.41) is 9.20. The third-order valence-electron chi connectivity index (χ3n) is 5.30. The van der Waals surface area contributed by atoms with Crippen molar-refractivity contribution in [3.05, 3.63) is 87.8 Å². The first-order chi connectivity index (χ1) is 14.9. The van der Waals surface area contributed by atoms with E-state index in [1.54, 1.807) is 7.11 Å². The van der Waals surface area contributed by atoms with Gasteiger partial charge < -0.3 is 15.0 Å². The predicted molar refractivity (Wildman–Crippen MR) is 124 cm³/mol. The molecular weight excluding hydrogens is 388 g/mol. The molecule has 2 heterocycles. The van der Waals surface area contributed by atoms with Crippen LogP contribution in [-0.4, -0.2) is 21.9 Å². The summed E-state index contributed by atoms with van der Waals surface area (Å²) < 4.78 is 7.23. The highest BCUT2D eigenvalue weighted by Gasteiger charge is 2.24. The van der Waals surface area contributed by atoms with Crippen molar-refractivity contribution in [1.29, 1.82) is 0 Å². The Morgan fingerprint density at radius 2 is 1.68 bits per heavy atom. The molecule has 6 nitrogen and oxygen atoms in total. The highest BCUT2D eigenvalue weighted by Crippen LogP contribution is 2.30. The quantitative estimate of drug-likeness (QED) is 0.491. The van der Waals surface area contributed by atoms with Crippen LogP contribution in [0, 0.1) is 0 Å². The number of pyridine rings is 1. The van der Waals surface area contributed by atoms with Gasteiger partial charge in [0.1, 0.15) is 11.4 Å². The molecule has 0 aliphatic rings. The van der Waals surface area contributed by atoms with Crippen molar-refractivity contribution in [2.24, 2.45) is 0 Å². The summed E-state index contributed by atoms with van der Waals surface area (Å²) >= 11 is 0. The summed E-state index contributed by atoms with van der Waals surface area (Å²) in [5.74, 6) is 0.832. The molecule has 0 unspecified atom stereocenters. The Morgan fingerprint density at radius 3 is 2.39 bits per heavy atom. The van der Waals surface area contributed by atoms with Gasteiger partial charge in [0.05, 0.1) is 18.5 Å². The molecule has 0 saturated carbocycles. The normalized spacial score (nSPS) is 11.7. The maximum Gasteiger partial charge on any atom is 0.254 e. The van der Waals surface area contributed by atoms with Crippen LogP contribution in [0.1, 0.15) is 37.6 Å². The van der Waals surface area contributed by atoms with Gasteiger partial charge in [0.25, 0.3) is 5.56 Å². The van der Waals surface area contributed by atoms with E-state index in [4.69, 9.17) is 9.84 Å². The van der Waals surface area contributed by atoms with E-state index in [0.717, 1.165) is 33.7 Å². The number of fused-ring (bicyclic) bond motifs is 1. The Labute approximate surface area is 181 Å². The maximum atomic E-state index is 12.9. The number of para-hydroxylation sites is 2. The third kappa shape index (κ3) is 4.25. The van der Waals surface area contributed by atoms with E-state index in [2.05, 4.69) is 31.1 Å². The second kappa shape index (κ2) is 8.40. The molecule has 0 bridgehead atoms. The summed E-state index contributed by atoms with van der Waals surface area (Å²) in [7, 11) is 1.66. The average molecular weight is 417 g/mol. The van der Waals surface area contributed by atoms with Crippen molar-refractivity contribution in [2.75, 3.05) is 7.11 Å². The molecular formula is C25H28N4O2. The minimum absolute atomic E-state index is 0.113. The molecule has 4 rings (SSSR count). The number of methoxy groups -OCH3 is 1. The molecule has 0 spiro atoms. The van der Waals surface area contributed by atoms with Crippen LogP contribution in [0.5, 0.6) is 5.75 Å². The Kier molecular flexibility index (Phi) is 5.65. The van der Waals surface area contributed by atoms with Gasteiger partial charge in [-0.2, -0.15) is 5.10 Å². The topological polar surface area (TPSA) is 71.9 Å². The first-order valence-corrected chi connectivity index (χ1v) is 10.4. The van der Waals surface area contributed by atoms with Gasteiger partial charge in [-0.05, 0) is 24.3 Å². The lowest BCUT2D eigenvalue weighted by Gasteiger charge is -2.15. The number of hydrogen-bond acceptors (Lipinski definition) is 4. The van der Waals surface area contributed by atoms with Crippen molar-refractivity contribution in [3.63, 3.8) is 0 Å². The van der Waals surface area contributed by atoms with Crippen LogP contribution in [-0.2, 0) is 18.5 Å². The van der Waals surface area contributed by atoms with Gasteiger partial charge in [-0.25, -0.2) is 4.68 Å². The smallest absolute Gasteiger partial charge is 0.254 e. The van der Waals surface area contributed by atoms with Crippen molar-refractivity contribution in [2.45, 2.75) is 39.3 Å². The molecule has 4 aromatic rings. The molecule has 0 atom stereocenters. The lowest BCUT2D eigenvalue weighted by Crippen LogP contribution is -2.21. The fourth-order valence-electron chi connectivity index (χ4n) is 3.74. The van der Waals surface area contributed by atoms with E-state index in [0.29, 0.717) is 18.7 Å². The molecule has 2 aromatic carbocycles. The van der Waals surface area contributed by atoms with Crippen LogP contribution < -0.4 is 15.6 Å². The average Bonchev–Trinajstić information content (AvgIpc) is 3.13. The minimum Gasteiger partial charge on any atom is -0.496 e. The zero-order valence-electron chi connectivity index (χ0n) is 18.4. The SMILES string of the molecule is COc1ccccc1CNCc1cc2c(C(C)(C)C)nn(-c3ccccc3)c2[nH]c1=O. The Hall–Kier alpha value is -3.38. The van der Waals surface area contributed by atoms with Gasteiger partial charge >= 0.3 is 0 Å². The molecule has 2 aromatic heterocycles. The number of benzene rings is 2. The Balaban J connectivity index is 1.70. The zero-order chi connectivity index (χ0) is 22.0. The van der Waals surface area contributed by atoms with E-state index in [9.17, 15) is 4.79 Å². The number of H-pyrrole nitrogens is 1. The fourth-order valence-corrected chi connectivity index (χ4v) is 3.74. The number of rotatable bonds is 6. The van der Waals surface area contributed by atoms with E-state index in [-0.39, 0.29) is 11.0 Å². The molecule has 0 aliphatic heterocycles. The fraction of sp³-hybridized carbons (Fsp3) is 0.280. The van der Waals surface area contributed by atoms with Crippen LogP contribution in [0.25, 0.3) is 16.7 Å². The number of aromatic amines is 1. The summed E-state index contributed by atoms with van der Waals surface area (Å²) in [4.78, 5) is 15.9. The highest BCUT2D eigenvalue weighted by molar-refractivity contribution is 5.81. The van der Waals surface area contributed by atoms with Gasteiger partial charge in [-0.1, -0.05) is 57.2 Å². The van der Waals surface area contributed by atoms with Crippen molar-refractivity contribution in [1.82, 2.24) is 20.1 Å². The van der Waals surface area contributed by atoms with Gasteiger partial charge in [0.2, 0.25) is 0 Å². The monoisotopic (exact) mass is 416 g/mol. The van der Waals surface area contributed by atoms with Crippen molar-refractivity contribution >= 4 is 11.0 Å². The Morgan fingerprint density at radius 1 is 1.00 bits per heavy atom. The molecule has 31 heavy (non-hydrogen) atoms. The first kappa shape index (κ1) is 20.9. The van der Waals surface area contributed by atoms with E-state index in [1.165, 1.54) is 0 Å². The van der Waals surface area contributed by atoms with Gasteiger partial charge in [-0.15, -0.1) is 0 Å². The lowest BCUT2D eigenvalue weighted by atomic mass is 9.90. The molecule has 0 fully saturated rings. The summed E-state index contributed by atoms with van der Waals surface area (Å²) in [6.45, 7) is 7.46.